The van der Waals surface area contributed by atoms with Gasteiger partial charge in [-0.15, -0.1) is 0 Å². The van der Waals surface area contributed by atoms with Crippen molar-refractivity contribution in [3.8, 4) is 0 Å². The van der Waals surface area contributed by atoms with Crippen LogP contribution in [0, 0.1) is 0 Å². The zero-order valence-electron chi connectivity index (χ0n) is 16.0. The van der Waals surface area contributed by atoms with Gasteiger partial charge < -0.3 is 18.6 Å². The molecule has 0 saturated heterocycles. The van der Waals surface area contributed by atoms with Crippen LogP contribution in [0.2, 0.25) is 18.1 Å². The summed E-state index contributed by atoms with van der Waals surface area (Å²) in [4.78, 5) is 23.7. The van der Waals surface area contributed by atoms with E-state index in [0.29, 0.717) is 0 Å². The molecule has 24 heavy (non-hydrogen) atoms. The maximum Gasteiger partial charge on any atom is 0.511 e. The smallest absolute Gasteiger partial charge is 0.428 e. The van der Waals surface area contributed by atoms with E-state index in [2.05, 4.69) is 33.9 Å². The molecule has 7 heteroatoms. The zero-order valence-corrected chi connectivity index (χ0v) is 17.0. The second kappa shape index (κ2) is 7.37. The quantitative estimate of drug-likeness (QED) is 0.562. The van der Waals surface area contributed by atoms with Crippen LogP contribution < -0.4 is 0 Å². The summed E-state index contributed by atoms with van der Waals surface area (Å²) in [7, 11) is -1.99. The van der Waals surface area contributed by atoms with Crippen molar-refractivity contribution in [2.24, 2.45) is 0 Å². The van der Waals surface area contributed by atoms with Gasteiger partial charge in [-0.25, -0.2) is 4.79 Å². The Hall–Kier alpha value is -1.18. The molecule has 0 N–H and O–H groups in total. The minimum absolute atomic E-state index is 0.0347. The van der Waals surface area contributed by atoms with Gasteiger partial charge in [-0.3, -0.25) is 4.79 Å². The Balaban J connectivity index is 2.61. The lowest BCUT2D eigenvalue weighted by Gasteiger charge is -2.37. The second-order valence-corrected chi connectivity index (χ2v) is 13.2. The van der Waals surface area contributed by atoms with Crippen molar-refractivity contribution in [3.05, 3.63) is 12.2 Å². The molecule has 0 bridgehead atoms. The van der Waals surface area contributed by atoms with Crippen molar-refractivity contribution in [2.75, 3.05) is 6.61 Å². The lowest BCUT2D eigenvalue weighted by Crippen LogP contribution is -2.45. The molecule has 6 nitrogen and oxygen atoms in total. The number of rotatable bonds is 4. The van der Waals surface area contributed by atoms with E-state index in [1.165, 1.54) is 12.2 Å². The molecule has 0 fully saturated rings. The van der Waals surface area contributed by atoms with Crippen LogP contribution >= 0.6 is 0 Å². The third-order valence-corrected chi connectivity index (χ3v) is 8.54. The van der Waals surface area contributed by atoms with Gasteiger partial charge >= 0.3 is 6.16 Å². The Bertz CT molecular complexity index is 498. The van der Waals surface area contributed by atoms with Gasteiger partial charge in [0.15, 0.2) is 14.1 Å². The first-order valence-electron chi connectivity index (χ1n) is 8.12. The van der Waals surface area contributed by atoms with E-state index < -0.39 is 32.5 Å². The largest absolute Gasteiger partial charge is 0.511 e. The third kappa shape index (κ3) is 6.37. The lowest BCUT2D eigenvalue weighted by atomic mass is 10.2. The van der Waals surface area contributed by atoms with Gasteiger partial charge in [0.1, 0.15) is 11.7 Å². The molecule has 138 valence electrons. The van der Waals surface area contributed by atoms with Crippen LogP contribution in [0.5, 0.6) is 0 Å². The highest BCUT2D eigenvalue weighted by Crippen LogP contribution is 2.36. The van der Waals surface area contributed by atoms with Crippen molar-refractivity contribution >= 4 is 20.3 Å². The lowest BCUT2D eigenvalue weighted by molar-refractivity contribution is -0.161. The first-order valence-corrected chi connectivity index (χ1v) is 11.0. The highest BCUT2D eigenvalue weighted by atomic mass is 28.4. The molecule has 1 aliphatic rings. The summed E-state index contributed by atoms with van der Waals surface area (Å²) in [6, 6.07) is 0. The maximum atomic E-state index is 12.0. The van der Waals surface area contributed by atoms with Crippen LogP contribution in [0.25, 0.3) is 0 Å². The average Bonchev–Trinajstić information content (AvgIpc) is 2.35. The Morgan fingerprint density at radius 1 is 1.21 bits per heavy atom. The minimum Gasteiger partial charge on any atom is -0.428 e. The van der Waals surface area contributed by atoms with Gasteiger partial charge in [0.05, 0.1) is 6.61 Å². The average molecular weight is 359 g/mol. The van der Waals surface area contributed by atoms with Gasteiger partial charge in [-0.2, -0.15) is 0 Å². The van der Waals surface area contributed by atoms with Crippen LogP contribution in [0.3, 0.4) is 0 Å². The SMILES string of the molecule is CC(C)(C)OC(=O)O[C@H]1C=CC(=O)[C@@H](CO[Si](C)(C)C(C)(C)C)O1. The maximum absolute atomic E-state index is 12.0. The molecule has 1 aliphatic heterocycles. The molecule has 0 aromatic carbocycles. The standard InChI is InChI=1S/C17H30O6Si/c1-16(2,3)23-15(19)22-14-10-9-12(18)13(21-14)11-20-24(7,8)17(4,5)6/h9-10,13-14H,11H2,1-8H3/t13-,14+/m1/s1. The van der Waals surface area contributed by atoms with E-state index in [1.807, 2.05) is 0 Å². The molecule has 1 heterocycles. The highest BCUT2D eigenvalue weighted by Gasteiger charge is 2.39. The Labute approximate surface area is 145 Å². The monoisotopic (exact) mass is 358 g/mol. The minimum atomic E-state index is -1.99. The van der Waals surface area contributed by atoms with Crippen LogP contribution in [-0.4, -0.2) is 44.9 Å². The zero-order chi connectivity index (χ0) is 18.8. The van der Waals surface area contributed by atoms with Gasteiger partial charge in [0.25, 0.3) is 0 Å². The molecule has 0 saturated carbocycles. The fourth-order valence-corrected chi connectivity index (χ4v) is 2.61. The molecule has 0 radical (unpaired) electrons. The predicted octanol–water partition coefficient (Wildman–Crippen LogP) is 3.81. The molecule has 0 spiro atoms. The van der Waals surface area contributed by atoms with Crippen molar-refractivity contribution in [1.29, 1.82) is 0 Å². The molecule has 0 aromatic heterocycles. The summed E-state index contributed by atoms with van der Waals surface area (Å²) in [5.74, 6) is -0.197. The second-order valence-electron chi connectivity index (χ2n) is 8.41. The van der Waals surface area contributed by atoms with E-state index in [4.69, 9.17) is 18.6 Å². The molecule has 0 unspecified atom stereocenters. The molecule has 1 rings (SSSR count). The van der Waals surface area contributed by atoms with E-state index in [-0.39, 0.29) is 17.4 Å². The van der Waals surface area contributed by atoms with Crippen molar-refractivity contribution in [2.45, 2.75) is 77.7 Å². The summed E-state index contributed by atoms with van der Waals surface area (Å²) >= 11 is 0. The topological polar surface area (TPSA) is 71.1 Å². The Morgan fingerprint density at radius 3 is 2.29 bits per heavy atom. The highest BCUT2D eigenvalue weighted by molar-refractivity contribution is 6.74. The third-order valence-electron chi connectivity index (χ3n) is 4.04. The summed E-state index contributed by atoms with van der Waals surface area (Å²) in [6.45, 7) is 15.9. The first kappa shape index (κ1) is 20.9. The molecule has 0 aromatic rings. The number of hydrogen-bond donors (Lipinski definition) is 0. The molecule has 0 amide bonds. The molecular weight excluding hydrogens is 328 g/mol. The molecular formula is C17H30O6Si. The number of hydrogen-bond acceptors (Lipinski definition) is 6. The van der Waals surface area contributed by atoms with E-state index >= 15 is 0 Å². The van der Waals surface area contributed by atoms with Crippen molar-refractivity contribution in [1.82, 2.24) is 0 Å². The number of carbonyl (C=O) groups is 2. The molecule has 2 atom stereocenters. The van der Waals surface area contributed by atoms with Gasteiger partial charge in [0, 0.05) is 0 Å². The van der Waals surface area contributed by atoms with E-state index in [9.17, 15) is 9.59 Å². The first-order chi connectivity index (χ1) is 10.7. The number of ether oxygens (including phenoxy) is 3. The summed E-state index contributed by atoms with van der Waals surface area (Å²) in [6.07, 6.45) is 0.186. The Kier molecular flexibility index (Phi) is 6.41. The van der Waals surface area contributed by atoms with Gasteiger partial charge in [-0.1, -0.05) is 20.8 Å². The van der Waals surface area contributed by atoms with E-state index in [1.54, 1.807) is 20.8 Å². The van der Waals surface area contributed by atoms with Crippen LogP contribution in [-0.2, 0) is 23.4 Å². The van der Waals surface area contributed by atoms with Crippen molar-refractivity contribution in [3.63, 3.8) is 0 Å². The summed E-state index contributed by atoms with van der Waals surface area (Å²) in [5.41, 5.74) is -0.657. The van der Waals surface area contributed by atoms with Crippen LogP contribution in [0.15, 0.2) is 12.2 Å². The molecule has 0 aliphatic carbocycles. The number of ketones is 1. The van der Waals surface area contributed by atoms with Crippen LogP contribution in [0.1, 0.15) is 41.5 Å². The number of carbonyl (C=O) groups excluding carboxylic acids is 2. The fourth-order valence-electron chi connectivity index (χ4n) is 1.61. The Morgan fingerprint density at radius 2 is 1.79 bits per heavy atom. The predicted molar refractivity (Wildman–Crippen MR) is 93.3 cm³/mol. The van der Waals surface area contributed by atoms with Gasteiger partial charge in [0.2, 0.25) is 6.29 Å². The fraction of sp³-hybridized carbons (Fsp3) is 0.765. The van der Waals surface area contributed by atoms with Crippen LogP contribution in [0.4, 0.5) is 4.79 Å². The van der Waals surface area contributed by atoms with Crippen molar-refractivity contribution < 1.29 is 28.2 Å². The summed E-state index contributed by atoms with van der Waals surface area (Å²) < 4.78 is 21.7. The normalized spacial score (nSPS) is 22.4. The summed E-state index contributed by atoms with van der Waals surface area (Å²) in [5, 5.41) is 0.0347. The van der Waals surface area contributed by atoms with Gasteiger partial charge in [-0.05, 0) is 51.1 Å². The van der Waals surface area contributed by atoms with E-state index in [0.717, 1.165) is 0 Å².